The summed E-state index contributed by atoms with van der Waals surface area (Å²) >= 11 is 0. The van der Waals surface area contributed by atoms with Crippen molar-refractivity contribution >= 4 is 5.91 Å². The molecule has 1 fully saturated rings. The van der Waals surface area contributed by atoms with E-state index in [1.807, 2.05) is 34.0 Å². The van der Waals surface area contributed by atoms with Crippen LogP contribution in [0, 0.1) is 0 Å². The third-order valence-electron chi connectivity index (χ3n) is 6.07. The molecule has 0 bridgehead atoms. The van der Waals surface area contributed by atoms with Crippen molar-refractivity contribution in [1.82, 2.24) is 14.7 Å². The first-order valence-electron chi connectivity index (χ1n) is 11.0. The molecule has 1 amide bonds. The number of carbonyl (C=O) groups excluding carboxylic acids is 1. The first-order chi connectivity index (χ1) is 14.7. The maximum absolute atomic E-state index is 13.4. The SMILES string of the molecule is CCc1ccc(-c2nn(Cc3ccccc3)cc2C(=O)N2CC[NH+](CC)CC2)cc1. The normalized spacial score (nSPS) is 14.8. The van der Waals surface area contributed by atoms with Crippen molar-refractivity contribution in [2.75, 3.05) is 32.7 Å². The van der Waals surface area contributed by atoms with Crippen LogP contribution in [0.5, 0.6) is 0 Å². The molecule has 5 nitrogen and oxygen atoms in total. The number of nitrogens with one attached hydrogen (secondary N) is 1. The molecular formula is C25H31N4O+. The van der Waals surface area contributed by atoms with Crippen molar-refractivity contribution < 1.29 is 9.69 Å². The summed E-state index contributed by atoms with van der Waals surface area (Å²) in [4.78, 5) is 17.0. The van der Waals surface area contributed by atoms with Gasteiger partial charge >= 0.3 is 0 Å². The van der Waals surface area contributed by atoms with Crippen LogP contribution in [0.15, 0.2) is 60.8 Å². The van der Waals surface area contributed by atoms with E-state index in [2.05, 4.69) is 50.2 Å². The first-order valence-corrected chi connectivity index (χ1v) is 11.0. The van der Waals surface area contributed by atoms with E-state index in [-0.39, 0.29) is 5.91 Å². The van der Waals surface area contributed by atoms with E-state index in [4.69, 9.17) is 5.10 Å². The molecule has 3 aromatic rings. The van der Waals surface area contributed by atoms with Crippen LogP contribution in [0.2, 0.25) is 0 Å². The van der Waals surface area contributed by atoms with Gasteiger partial charge in [-0.25, -0.2) is 0 Å². The van der Waals surface area contributed by atoms with Crippen LogP contribution in [0.1, 0.15) is 35.3 Å². The van der Waals surface area contributed by atoms with Gasteiger partial charge < -0.3 is 9.80 Å². The number of carbonyl (C=O) groups is 1. The van der Waals surface area contributed by atoms with Gasteiger partial charge in [0.2, 0.25) is 0 Å². The highest BCUT2D eigenvalue weighted by Gasteiger charge is 2.27. The van der Waals surface area contributed by atoms with Crippen molar-refractivity contribution in [3.8, 4) is 11.3 Å². The van der Waals surface area contributed by atoms with Gasteiger partial charge in [0.25, 0.3) is 5.91 Å². The van der Waals surface area contributed by atoms with Gasteiger partial charge in [0.1, 0.15) is 5.69 Å². The number of nitrogens with zero attached hydrogens (tertiary/aromatic N) is 3. The number of aryl methyl sites for hydroxylation is 1. The Hall–Kier alpha value is -2.92. The van der Waals surface area contributed by atoms with Gasteiger partial charge in [-0.1, -0.05) is 61.5 Å². The van der Waals surface area contributed by atoms with E-state index in [1.165, 1.54) is 11.1 Å². The Kier molecular flexibility index (Phi) is 6.29. The lowest BCUT2D eigenvalue weighted by Crippen LogP contribution is -3.14. The summed E-state index contributed by atoms with van der Waals surface area (Å²) in [6.45, 7) is 9.77. The Bertz CT molecular complexity index is 970. The molecule has 5 heteroatoms. The zero-order valence-electron chi connectivity index (χ0n) is 18.0. The molecule has 0 radical (unpaired) electrons. The number of piperazine rings is 1. The minimum absolute atomic E-state index is 0.0963. The molecular weight excluding hydrogens is 372 g/mol. The largest absolute Gasteiger partial charge is 0.332 e. The topological polar surface area (TPSA) is 42.6 Å². The molecule has 4 rings (SSSR count). The zero-order chi connectivity index (χ0) is 20.9. The fraction of sp³-hybridized carbons (Fsp3) is 0.360. The molecule has 0 aliphatic carbocycles. The molecule has 2 heterocycles. The standard InChI is InChI=1S/C25H30N4O/c1-3-20-10-12-22(13-11-20)24-23(25(30)28-16-14-27(4-2)15-17-28)19-29(26-24)18-21-8-6-5-7-9-21/h5-13,19H,3-4,14-18H2,1-2H3/p+1. The number of quaternary nitrogens is 1. The molecule has 1 aliphatic rings. The monoisotopic (exact) mass is 403 g/mol. The van der Waals surface area contributed by atoms with Crippen LogP contribution in [-0.2, 0) is 13.0 Å². The highest BCUT2D eigenvalue weighted by Crippen LogP contribution is 2.25. The van der Waals surface area contributed by atoms with Crippen LogP contribution in [0.4, 0.5) is 0 Å². The minimum Gasteiger partial charge on any atom is -0.332 e. The van der Waals surface area contributed by atoms with E-state index < -0.39 is 0 Å². The average Bonchev–Trinajstić information content (AvgIpc) is 3.23. The van der Waals surface area contributed by atoms with E-state index in [1.54, 1.807) is 4.90 Å². The highest BCUT2D eigenvalue weighted by molar-refractivity contribution is 5.99. The molecule has 1 aliphatic heterocycles. The molecule has 1 aromatic heterocycles. The van der Waals surface area contributed by atoms with Gasteiger partial charge in [-0.15, -0.1) is 0 Å². The summed E-state index contributed by atoms with van der Waals surface area (Å²) in [7, 11) is 0. The number of hydrogen-bond acceptors (Lipinski definition) is 2. The van der Waals surface area contributed by atoms with Gasteiger partial charge in [0.15, 0.2) is 0 Å². The van der Waals surface area contributed by atoms with Gasteiger partial charge in [-0.3, -0.25) is 9.48 Å². The lowest BCUT2D eigenvalue weighted by atomic mass is 10.0. The van der Waals surface area contributed by atoms with Crippen molar-refractivity contribution in [1.29, 1.82) is 0 Å². The Labute approximate surface area is 178 Å². The highest BCUT2D eigenvalue weighted by atomic mass is 16.2. The maximum Gasteiger partial charge on any atom is 0.258 e. The quantitative estimate of drug-likeness (QED) is 0.687. The minimum atomic E-state index is 0.0963. The molecule has 156 valence electrons. The van der Waals surface area contributed by atoms with Gasteiger partial charge in [0.05, 0.1) is 44.8 Å². The van der Waals surface area contributed by atoms with E-state index >= 15 is 0 Å². The average molecular weight is 404 g/mol. The number of rotatable bonds is 6. The van der Waals surface area contributed by atoms with Crippen molar-refractivity contribution in [2.45, 2.75) is 26.8 Å². The zero-order valence-corrected chi connectivity index (χ0v) is 18.0. The Morgan fingerprint density at radius 3 is 2.30 bits per heavy atom. The predicted molar refractivity (Wildman–Crippen MR) is 120 cm³/mol. The summed E-state index contributed by atoms with van der Waals surface area (Å²) in [5, 5.41) is 4.84. The molecule has 2 aromatic carbocycles. The van der Waals surface area contributed by atoms with Crippen LogP contribution in [0.3, 0.4) is 0 Å². The molecule has 1 N–H and O–H groups in total. The predicted octanol–water partition coefficient (Wildman–Crippen LogP) is 2.52. The third-order valence-corrected chi connectivity index (χ3v) is 6.07. The van der Waals surface area contributed by atoms with Crippen LogP contribution in [0.25, 0.3) is 11.3 Å². The molecule has 0 unspecified atom stereocenters. The number of hydrogen-bond donors (Lipinski definition) is 1. The van der Waals surface area contributed by atoms with E-state index in [0.717, 1.165) is 50.4 Å². The first kappa shape index (κ1) is 20.4. The van der Waals surface area contributed by atoms with Crippen molar-refractivity contribution in [3.05, 3.63) is 77.5 Å². The Morgan fingerprint density at radius 1 is 0.967 bits per heavy atom. The lowest BCUT2D eigenvalue weighted by Gasteiger charge is -2.31. The third kappa shape index (κ3) is 4.46. The number of aromatic nitrogens is 2. The maximum atomic E-state index is 13.4. The number of likely N-dealkylation sites (N-methyl/N-ethyl adjacent to an activating group) is 1. The second-order valence-corrected chi connectivity index (χ2v) is 8.02. The molecule has 0 atom stereocenters. The Balaban J connectivity index is 1.65. The molecule has 30 heavy (non-hydrogen) atoms. The van der Waals surface area contributed by atoms with Gasteiger partial charge in [-0.05, 0) is 24.5 Å². The summed E-state index contributed by atoms with van der Waals surface area (Å²) in [6, 6.07) is 18.7. The van der Waals surface area contributed by atoms with E-state index in [0.29, 0.717) is 12.1 Å². The van der Waals surface area contributed by atoms with Gasteiger partial charge in [-0.2, -0.15) is 5.10 Å². The van der Waals surface area contributed by atoms with Gasteiger partial charge in [0, 0.05) is 11.8 Å². The summed E-state index contributed by atoms with van der Waals surface area (Å²) in [5.74, 6) is 0.0963. The second-order valence-electron chi connectivity index (χ2n) is 8.02. The number of benzene rings is 2. The molecule has 0 saturated carbocycles. The molecule has 0 spiro atoms. The van der Waals surface area contributed by atoms with Crippen molar-refractivity contribution in [3.63, 3.8) is 0 Å². The fourth-order valence-corrected chi connectivity index (χ4v) is 4.09. The summed E-state index contributed by atoms with van der Waals surface area (Å²) < 4.78 is 1.90. The van der Waals surface area contributed by atoms with E-state index in [9.17, 15) is 4.79 Å². The lowest BCUT2D eigenvalue weighted by molar-refractivity contribution is -0.902. The van der Waals surface area contributed by atoms with Crippen LogP contribution < -0.4 is 4.90 Å². The smallest absolute Gasteiger partial charge is 0.258 e. The fourth-order valence-electron chi connectivity index (χ4n) is 4.09. The summed E-state index contributed by atoms with van der Waals surface area (Å²) in [5.41, 5.74) is 4.94. The Morgan fingerprint density at radius 2 is 1.67 bits per heavy atom. The molecule has 1 saturated heterocycles. The number of amides is 1. The van der Waals surface area contributed by atoms with Crippen LogP contribution in [-0.4, -0.2) is 53.3 Å². The van der Waals surface area contributed by atoms with Crippen LogP contribution >= 0.6 is 0 Å². The second kappa shape index (κ2) is 9.26. The van der Waals surface area contributed by atoms with Crippen molar-refractivity contribution in [2.24, 2.45) is 0 Å². The summed E-state index contributed by atoms with van der Waals surface area (Å²) in [6.07, 6.45) is 2.93.